The summed E-state index contributed by atoms with van der Waals surface area (Å²) in [6.45, 7) is 2.88. The molecule has 2 heterocycles. The summed E-state index contributed by atoms with van der Waals surface area (Å²) < 4.78 is 16.1. The lowest BCUT2D eigenvalue weighted by atomic mass is 10.1. The Labute approximate surface area is 167 Å². The molecule has 9 heteroatoms. The second kappa shape index (κ2) is 9.59. The topological polar surface area (TPSA) is 93.0 Å². The first kappa shape index (κ1) is 20.2. The van der Waals surface area contributed by atoms with Gasteiger partial charge in [-0.05, 0) is 30.3 Å². The summed E-state index contributed by atoms with van der Waals surface area (Å²) in [5.41, 5.74) is 0.325. The molecule has 2 N–H and O–H groups in total. The summed E-state index contributed by atoms with van der Waals surface area (Å²) in [6.07, 6.45) is 1.59. The number of hydrogen-bond acceptors (Lipinski definition) is 6. The van der Waals surface area contributed by atoms with Crippen molar-refractivity contribution in [1.29, 1.82) is 0 Å². The van der Waals surface area contributed by atoms with Crippen molar-refractivity contribution >= 4 is 29.1 Å². The molecule has 1 aromatic heterocycles. The minimum absolute atomic E-state index is 0.184. The number of methoxy groups -OCH3 is 1. The highest BCUT2D eigenvalue weighted by Gasteiger charge is 2.26. The normalized spacial score (nSPS) is 15.6. The molecule has 1 atom stereocenters. The molecule has 0 saturated carbocycles. The maximum Gasteiger partial charge on any atom is 0.313 e. The van der Waals surface area contributed by atoms with Crippen molar-refractivity contribution in [1.82, 2.24) is 10.2 Å². The quantitative estimate of drug-likeness (QED) is 0.712. The highest BCUT2D eigenvalue weighted by atomic mass is 35.5. The van der Waals surface area contributed by atoms with Crippen LogP contribution in [-0.2, 0) is 14.3 Å². The molecular weight excluding hydrogens is 386 g/mol. The lowest BCUT2D eigenvalue weighted by molar-refractivity contribution is -0.136. The van der Waals surface area contributed by atoms with E-state index < -0.39 is 11.8 Å². The molecule has 2 aromatic rings. The van der Waals surface area contributed by atoms with Gasteiger partial charge in [-0.25, -0.2) is 0 Å². The number of carbonyl (C=O) groups excluding carboxylic acids is 2. The smallest absolute Gasteiger partial charge is 0.313 e. The Balaban J connectivity index is 1.62. The van der Waals surface area contributed by atoms with Crippen LogP contribution in [0.15, 0.2) is 41.0 Å². The van der Waals surface area contributed by atoms with Gasteiger partial charge in [0.15, 0.2) is 0 Å². The molecule has 150 valence electrons. The molecule has 1 saturated heterocycles. The van der Waals surface area contributed by atoms with Crippen molar-refractivity contribution in [3.8, 4) is 5.75 Å². The van der Waals surface area contributed by atoms with Gasteiger partial charge in [0.25, 0.3) is 0 Å². The van der Waals surface area contributed by atoms with Gasteiger partial charge in [-0.1, -0.05) is 11.6 Å². The number of nitrogens with zero attached hydrogens (tertiary/aromatic N) is 1. The zero-order valence-corrected chi connectivity index (χ0v) is 16.2. The zero-order chi connectivity index (χ0) is 19.9. The Kier molecular flexibility index (Phi) is 6.91. The third-order valence-corrected chi connectivity index (χ3v) is 4.67. The molecule has 1 aromatic carbocycles. The van der Waals surface area contributed by atoms with Gasteiger partial charge in [0.1, 0.15) is 11.5 Å². The van der Waals surface area contributed by atoms with Gasteiger partial charge in [0, 0.05) is 24.7 Å². The Morgan fingerprint density at radius 1 is 1.25 bits per heavy atom. The maximum absolute atomic E-state index is 12.3. The molecule has 0 radical (unpaired) electrons. The van der Waals surface area contributed by atoms with E-state index in [4.69, 9.17) is 25.5 Å². The summed E-state index contributed by atoms with van der Waals surface area (Å²) in [4.78, 5) is 26.8. The van der Waals surface area contributed by atoms with Crippen LogP contribution in [0.25, 0.3) is 0 Å². The van der Waals surface area contributed by atoms with Crippen molar-refractivity contribution in [2.24, 2.45) is 0 Å². The molecule has 1 unspecified atom stereocenters. The largest absolute Gasteiger partial charge is 0.495 e. The van der Waals surface area contributed by atoms with Crippen molar-refractivity contribution in [3.63, 3.8) is 0 Å². The molecule has 2 amide bonds. The van der Waals surface area contributed by atoms with Gasteiger partial charge in [-0.3, -0.25) is 14.5 Å². The van der Waals surface area contributed by atoms with Crippen molar-refractivity contribution < 1.29 is 23.5 Å². The van der Waals surface area contributed by atoms with Crippen LogP contribution in [-0.4, -0.2) is 56.7 Å². The van der Waals surface area contributed by atoms with Crippen molar-refractivity contribution in [2.75, 3.05) is 45.3 Å². The minimum Gasteiger partial charge on any atom is -0.495 e. The van der Waals surface area contributed by atoms with E-state index in [1.165, 1.54) is 13.2 Å². The number of anilines is 1. The van der Waals surface area contributed by atoms with Crippen LogP contribution in [0.3, 0.4) is 0 Å². The number of carbonyl (C=O) groups is 2. The van der Waals surface area contributed by atoms with E-state index in [2.05, 4.69) is 15.5 Å². The molecule has 0 aliphatic carbocycles. The molecule has 0 spiro atoms. The highest BCUT2D eigenvalue weighted by molar-refractivity contribution is 6.40. The third-order valence-electron chi connectivity index (χ3n) is 4.43. The molecule has 8 nitrogen and oxygen atoms in total. The molecule has 1 aliphatic heterocycles. The third kappa shape index (κ3) is 5.03. The lowest BCUT2D eigenvalue weighted by Crippen LogP contribution is -2.45. The van der Waals surface area contributed by atoms with Gasteiger partial charge in [0.05, 0.1) is 38.3 Å². The van der Waals surface area contributed by atoms with Crippen LogP contribution in [0, 0.1) is 0 Å². The van der Waals surface area contributed by atoms with Crippen molar-refractivity contribution in [2.45, 2.75) is 6.04 Å². The Bertz CT molecular complexity index is 806. The molecule has 3 rings (SSSR count). The van der Waals surface area contributed by atoms with Crippen LogP contribution in [0.5, 0.6) is 5.75 Å². The Morgan fingerprint density at radius 2 is 2.04 bits per heavy atom. The summed E-state index contributed by atoms with van der Waals surface area (Å²) in [5, 5.41) is 5.61. The molecular formula is C19H22ClN3O5. The van der Waals surface area contributed by atoms with Crippen LogP contribution in [0.4, 0.5) is 5.69 Å². The first-order valence-electron chi connectivity index (χ1n) is 8.86. The van der Waals surface area contributed by atoms with E-state index in [9.17, 15) is 9.59 Å². The van der Waals surface area contributed by atoms with Gasteiger partial charge < -0.3 is 24.5 Å². The molecule has 1 fully saturated rings. The highest BCUT2D eigenvalue weighted by Crippen LogP contribution is 2.27. The number of furan rings is 1. The van der Waals surface area contributed by atoms with Gasteiger partial charge in [0.2, 0.25) is 0 Å². The fourth-order valence-electron chi connectivity index (χ4n) is 3.01. The SMILES string of the molecule is COc1ccc(Cl)cc1NC(=O)C(=O)NCC(c1ccco1)N1CCOCC1. The standard InChI is InChI=1S/C19H22ClN3O5/c1-26-16-5-4-13(20)11-14(16)22-19(25)18(24)21-12-15(17-3-2-8-28-17)23-6-9-27-10-7-23/h2-5,8,11,15H,6-7,9-10,12H2,1H3,(H,21,24)(H,22,25). The Morgan fingerprint density at radius 3 is 2.71 bits per heavy atom. The minimum atomic E-state index is -0.805. The van der Waals surface area contributed by atoms with E-state index in [1.807, 2.05) is 6.07 Å². The van der Waals surface area contributed by atoms with Crippen LogP contribution in [0.1, 0.15) is 11.8 Å². The number of hydrogen-bond donors (Lipinski definition) is 2. The van der Waals surface area contributed by atoms with Crippen LogP contribution >= 0.6 is 11.6 Å². The first-order chi connectivity index (χ1) is 13.6. The number of amides is 2. The van der Waals surface area contributed by atoms with Crippen molar-refractivity contribution in [3.05, 3.63) is 47.4 Å². The summed E-state index contributed by atoms with van der Waals surface area (Å²) >= 11 is 5.95. The number of rotatable bonds is 6. The molecule has 1 aliphatic rings. The number of morpholine rings is 1. The van der Waals surface area contributed by atoms with Gasteiger partial charge >= 0.3 is 11.8 Å². The van der Waals surface area contributed by atoms with E-state index in [1.54, 1.807) is 24.5 Å². The molecule has 0 bridgehead atoms. The summed E-state index contributed by atoms with van der Waals surface area (Å²) in [7, 11) is 1.47. The number of benzene rings is 1. The average Bonchev–Trinajstić information content (AvgIpc) is 3.23. The van der Waals surface area contributed by atoms with E-state index in [-0.39, 0.29) is 12.6 Å². The van der Waals surface area contributed by atoms with Crippen LogP contribution < -0.4 is 15.4 Å². The zero-order valence-electron chi connectivity index (χ0n) is 15.4. The fraction of sp³-hybridized carbons (Fsp3) is 0.368. The predicted octanol–water partition coefficient (Wildman–Crippen LogP) is 2.07. The second-order valence-corrected chi connectivity index (χ2v) is 6.62. The second-order valence-electron chi connectivity index (χ2n) is 6.19. The monoisotopic (exact) mass is 407 g/mol. The fourth-order valence-corrected chi connectivity index (χ4v) is 3.18. The summed E-state index contributed by atoms with van der Waals surface area (Å²) in [6, 6.07) is 8.22. The van der Waals surface area contributed by atoms with E-state index >= 15 is 0 Å². The number of ether oxygens (including phenoxy) is 2. The van der Waals surface area contributed by atoms with E-state index in [0.29, 0.717) is 42.8 Å². The average molecular weight is 408 g/mol. The summed E-state index contributed by atoms with van der Waals surface area (Å²) in [5.74, 6) is -0.431. The lowest BCUT2D eigenvalue weighted by Gasteiger charge is -2.33. The van der Waals surface area contributed by atoms with E-state index in [0.717, 1.165) is 5.76 Å². The van der Waals surface area contributed by atoms with Crippen LogP contribution in [0.2, 0.25) is 5.02 Å². The van der Waals surface area contributed by atoms with Gasteiger partial charge in [-0.2, -0.15) is 0 Å². The predicted molar refractivity (Wildman–Crippen MR) is 103 cm³/mol. The first-order valence-corrected chi connectivity index (χ1v) is 9.24. The molecule has 28 heavy (non-hydrogen) atoms. The van der Waals surface area contributed by atoms with Gasteiger partial charge in [-0.15, -0.1) is 0 Å². The Hall–Kier alpha value is -2.55. The number of halogens is 1. The number of nitrogens with one attached hydrogen (secondary N) is 2. The maximum atomic E-state index is 12.3.